The Kier molecular flexibility index (Phi) is 5.46. The molecule has 3 heterocycles. The van der Waals surface area contributed by atoms with Crippen molar-refractivity contribution in [3.8, 4) is 11.3 Å². The minimum Gasteiger partial charge on any atom is -0.351 e. The van der Waals surface area contributed by atoms with Crippen LogP contribution in [-0.4, -0.2) is 44.8 Å². The van der Waals surface area contributed by atoms with Gasteiger partial charge in [-0.15, -0.1) is 0 Å². The predicted molar refractivity (Wildman–Crippen MR) is 118 cm³/mol. The summed E-state index contributed by atoms with van der Waals surface area (Å²) in [6.07, 6.45) is 10.2. The zero-order valence-corrected chi connectivity index (χ0v) is 18.1. The van der Waals surface area contributed by atoms with E-state index in [1.54, 1.807) is 6.07 Å². The summed E-state index contributed by atoms with van der Waals surface area (Å²) in [6, 6.07) is 1.81. The molecule has 2 aliphatic carbocycles. The lowest BCUT2D eigenvalue weighted by Gasteiger charge is -2.29. The first-order valence-electron chi connectivity index (χ1n) is 11.6. The molecule has 0 unspecified atom stereocenters. The fraction of sp³-hybridized carbons (Fsp3) is 0.609. The van der Waals surface area contributed by atoms with Gasteiger partial charge in [0, 0.05) is 37.0 Å². The third-order valence-electron chi connectivity index (χ3n) is 6.96. The number of nitrogens with zero attached hydrogens (tertiary/aromatic N) is 5. The number of carbonyl (C=O) groups is 1. The molecule has 8 nitrogen and oxygen atoms in total. The summed E-state index contributed by atoms with van der Waals surface area (Å²) in [5, 5.41) is 7.70. The Labute approximate surface area is 182 Å². The molecule has 8 heteroatoms. The number of hydrogen-bond donors (Lipinski definition) is 1. The lowest BCUT2D eigenvalue weighted by molar-refractivity contribution is -0.123. The van der Waals surface area contributed by atoms with Gasteiger partial charge in [-0.3, -0.25) is 9.59 Å². The smallest absolute Gasteiger partial charge is 0.267 e. The first kappa shape index (κ1) is 20.2. The Morgan fingerprint density at radius 2 is 1.97 bits per heavy atom. The Morgan fingerprint density at radius 3 is 2.77 bits per heavy atom. The van der Waals surface area contributed by atoms with Crippen molar-refractivity contribution < 1.29 is 4.79 Å². The molecule has 0 spiro atoms. The molecule has 1 saturated heterocycles. The third-order valence-corrected chi connectivity index (χ3v) is 6.96. The highest BCUT2D eigenvalue weighted by Crippen LogP contribution is 2.31. The van der Waals surface area contributed by atoms with Crippen molar-refractivity contribution >= 4 is 11.9 Å². The van der Waals surface area contributed by atoms with Crippen LogP contribution in [0.25, 0.3) is 11.3 Å². The molecule has 5 rings (SSSR count). The van der Waals surface area contributed by atoms with Gasteiger partial charge in [-0.25, -0.2) is 14.6 Å². The van der Waals surface area contributed by atoms with E-state index >= 15 is 0 Å². The van der Waals surface area contributed by atoms with Gasteiger partial charge in [-0.2, -0.15) is 5.10 Å². The minimum atomic E-state index is -0.233. The van der Waals surface area contributed by atoms with Gasteiger partial charge < -0.3 is 10.2 Å². The molecule has 2 aromatic rings. The molecule has 0 bridgehead atoms. The Morgan fingerprint density at radius 1 is 1.16 bits per heavy atom. The summed E-state index contributed by atoms with van der Waals surface area (Å²) in [6.45, 7) is 4.13. The van der Waals surface area contributed by atoms with Crippen LogP contribution in [-0.2, 0) is 24.2 Å². The topological polar surface area (TPSA) is 93.0 Å². The highest BCUT2D eigenvalue weighted by molar-refractivity contribution is 5.76. The second-order valence-corrected chi connectivity index (χ2v) is 9.17. The highest BCUT2D eigenvalue weighted by atomic mass is 16.2. The SMILES string of the molecule is C[C@H]1CCCC[C@@H]1NC(=O)Cn1nc2c(cc1=O)CCc1nc(N3CCCC3)ncc1-2. The summed E-state index contributed by atoms with van der Waals surface area (Å²) >= 11 is 0. The molecular weight excluding hydrogens is 392 g/mol. The van der Waals surface area contributed by atoms with E-state index < -0.39 is 0 Å². The van der Waals surface area contributed by atoms with Crippen LogP contribution in [0.1, 0.15) is 56.7 Å². The Hall–Kier alpha value is -2.77. The fourth-order valence-electron chi connectivity index (χ4n) is 5.09. The van der Waals surface area contributed by atoms with Crippen LogP contribution in [0.2, 0.25) is 0 Å². The molecule has 1 aliphatic heterocycles. The lowest BCUT2D eigenvalue weighted by atomic mass is 9.86. The molecule has 0 radical (unpaired) electrons. The second kappa shape index (κ2) is 8.40. The first-order valence-corrected chi connectivity index (χ1v) is 11.6. The molecule has 2 fully saturated rings. The molecule has 2 atom stereocenters. The van der Waals surface area contributed by atoms with Gasteiger partial charge in [0.2, 0.25) is 11.9 Å². The maximum absolute atomic E-state index is 12.6. The van der Waals surface area contributed by atoms with E-state index in [2.05, 4.69) is 27.2 Å². The second-order valence-electron chi connectivity index (χ2n) is 9.17. The average Bonchev–Trinajstić information content (AvgIpc) is 3.30. The fourth-order valence-corrected chi connectivity index (χ4v) is 5.09. The zero-order chi connectivity index (χ0) is 21.4. The normalized spacial score (nSPS) is 22.7. The predicted octanol–water partition coefficient (Wildman–Crippen LogP) is 2.09. The number of nitrogens with one attached hydrogen (secondary N) is 1. The van der Waals surface area contributed by atoms with Crippen molar-refractivity contribution in [3.63, 3.8) is 0 Å². The molecule has 0 aromatic carbocycles. The van der Waals surface area contributed by atoms with Gasteiger partial charge in [0.05, 0.1) is 11.4 Å². The van der Waals surface area contributed by atoms with E-state index in [9.17, 15) is 9.59 Å². The summed E-state index contributed by atoms with van der Waals surface area (Å²) < 4.78 is 1.28. The van der Waals surface area contributed by atoms with Gasteiger partial charge in [0.15, 0.2) is 0 Å². The quantitative estimate of drug-likeness (QED) is 0.811. The molecule has 1 saturated carbocycles. The molecular formula is C23H30N6O2. The maximum atomic E-state index is 12.6. The number of carbonyl (C=O) groups excluding carboxylic acids is 1. The van der Waals surface area contributed by atoms with Gasteiger partial charge in [-0.05, 0) is 50.0 Å². The summed E-state index contributed by atoms with van der Waals surface area (Å²) in [5.74, 6) is 1.11. The van der Waals surface area contributed by atoms with Crippen molar-refractivity contribution in [1.29, 1.82) is 0 Å². The van der Waals surface area contributed by atoms with Crippen LogP contribution in [0.3, 0.4) is 0 Å². The number of anilines is 1. The van der Waals surface area contributed by atoms with Crippen LogP contribution in [0.15, 0.2) is 17.1 Å². The van der Waals surface area contributed by atoms with Gasteiger partial charge in [0.25, 0.3) is 5.56 Å². The average molecular weight is 423 g/mol. The number of aromatic nitrogens is 4. The lowest BCUT2D eigenvalue weighted by Crippen LogP contribution is -2.44. The van der Waals surface area contributed by atoms with Crippen molar-refractivity contribution in [1.82, 2.24) is 25.1 Å². The van der Waals surface area contributed by atoms with E-state index in [0.717, 1.165) is 73.7 Å². The van der Waals surface area contributed by atoms with Crippen LogP contribution < -0.4 is 15.8 Å². The number of fused-ring (bicyclic) bond motifs is 3. The summed E-state index contributed by atoms with van der Waals surface area (Å²) in [7, 11) is 0. The number of amides is 1. The van der Waals surface area contributed by atoms with Crippen LogP contribution in [0.4, 0.5) is 5.95 Å². The number of hydrogen-bond acceptors (Lipinski definition) is 6. The van der Waals surface area contributed by atoms with E-state index in [1.165, 1.54) is 23.9 Å². The van der Waals surface area contributed by atoms with Crippen molar-refractivity contribution in [2.75, 3.05) is 18.0 Å². The summed E-state index contributed by atoms with van der Waals surface area (Å²) in [4.78, 5) is 36.9. The van der Waals surface area contributed by atoms with Crippen LogP contribution in [0.5, 0.6) is 0 Å². The molecule has 164 valence electrons. The van der Waals surface area contributed by atoms with Gasteiger partial charge >= 0.3 is 0 Å². The standard InChI is InChI=1S/C23H30N6O2/c1-15-6-2-3-7-18(15)25-20(30)14-29-21(31)12-16-8-9-19-17(22(16)27-29)13-24-23(26-19)28-10-4-5-11-28/h12-13,15,18H,2-11,14H2,1H3,(H,25,30)/t15-,18-/m0/s1. The van der Waals surface area contributed by atoms with E-state index in [0.29, 0.717) is 5.92 Å². The summed E-state index contributed by atoms with van der Waals surface area (Å²) in [5.41, 5.74) is 3.26. The number of rotatable bonds is 4. The van der Waals surface area contributed by atoms with E-state index in [4.69, 9.17) is 4.98 Å². The van der Waals surface area contributed by atoms with Crippen molar-refractivity contribution in [2.45, 2.75) is 70.9 Å². The first-order chi connectivity index (χ1) is 15.1. The molecule has 3 aliphatic rings. The zero-order valence-electron chi connectivity index (χ0n) is 18.1. The van der Waals surface area contributed by atoms with Crippen molar-refractivity contribution in [2.24, 2.45) is 5.92 Å². The van der Waals surface area contributed by atoms with Gasteiger partial charge in [0.1, 0.15) is 6.54 Å². The highest BCUT2D eigenvalue weighted by Gasteiger charge is 2.25. The molecule has 1 N–H and O–H groups in total. The minimum absolute atomic E-state index is 0.0581. The largest absolute Gasteiger partial charge is 0.351 e. The molecule has 31 heavy (non-hydrogen) atoms. The molecule has 1 amide bonds. The Bertz CT molecular complexity index is 1040. The third kappa shape index (κ3) is 4.07. The van der Waals surface area contributed by atoms with E-state index in [1.807, 2.05) is 6.20 Å². The number of aryl methyl sites for hydroxylation is 2. The maximum Gasteiger partial charge on any atom is 0.267 e. The van der Waals surface area contributed by atoms with Crippen LogP contribution in [0, 0.1) is 5.92 Å². The van der Waals surface area contributed by atoms with Crippen molar-refractivity contribution in [3.05, 3.63) is 33.9 Å². The van der Waals surface area contributed by atoms with E-state index in [-0.39, 0.29) is 24.1 Å². The monoisotopic (exact) mass is 422 g/mol. The van der Waals surface area contributed by atoms with Gasteiger partial charge in [-0.1, -0.05) is 19.8 Å². The Balaban J connectivity index is 1.38. The molecule has 2 aromatic heterocycles. The van der Waals surface area contributed by atoms with Crippen LogP contribution >= 0.6 is 0 Å².